The summed E-state index contributed by atoms with van der Waals surface area (Å²) in [5.41, 5.74) is 0. The Labute approximate surface area is 122 Å². The van der Waals surface area contributed by atoms with Crippen LogP contribution in [0.25, 0.3) is 0 Å². The van der Waals surface area contributed by atoms with Crippen LogP contribution in [-0.4, -0.2) is 41.5 Å². The van der Waals surface area contributed by atoms with Crippen molar-refractivity contribution < 1.29 is 15.0 Å². The van der Waals surface area contributed by atoms with Crippen molar-refractivity contribution in [3.05, 3.63) is 0 Å². The third-order valence-corrected chi connectivity index (χ3v) is 3.94. The van der Waals surface area contributed by atoms with Gasteiger partial charge in [0.1, 0.15) is 0 Å². The van der Waals surface area contributed by atoms with Gasteiger partial charge < -0.3 is 20.8 Å². The number of carbonyl (C=O) groups is 1. The van der Waals surface area contributed by atoms with Crippen LogP contribution < -0.4 is 10.6 Å². The molecule has 3 unspecified atom stereocenters. The molecule has 0 aromatic rings. The largest absolute Gasteiger partial charge is 0.396 e. The van der Waals surface area contributed by atoms with Crippen LogP contribution in [0.15, 0.2) is 0 Å². The molecule has 0 heterocycles. The van der Waals surface area contributed by atoms with Crippen molar-refractivity contribution in [2.24, 2.45) is 11.8 Å². The number of hydrogen-bond acceptors (Lipinski definition) is 3. The average molecular weight is 286 g/mol. The Balaban J connectivity index is 2.29. The predicted molar refractivity (Wildman–Crippen MR) is 79.4 cm³/mol. The maximum atomic E-state index is 11.9. The molecule has 118 valence electrons. The molecule has 0 saturated heterocycles. The first kappa shape index (κ1) is 17.2. The number of nitrogens with one attached hydrogen (secondary N) is 2. The van der Waals surface area contributed by atoms with Gasteiger partial charge in [-0.2, -0.15) is 0 Å². The molecule has 1 saturated carbocycles. The Morgan fingerprint density at radius 1 is 1.30 bits per heavy atom. The quantitative estimate of drug-likeness (QED) is 0.574. The number of rotatable bonds is 7. The van der Waals surface area contributed by atoms with Crippen molar-refractivity contribution in [1.29, 1.82) is 0 Å². The number of aliphatic hydroxyl groups excluding tert-OH is 2. The minimum Gasteiger partial charge on any atom is -0.396 e. The molecule has 1 aliphatic carbocycles. The van der Waals surface area contributed by atoms with E-state index in [1.165, 1.54) is 0 Å². The first-order valence-corrected chi connectivity index (χ1v) is 7.86. The van der Waals surface area contributed by atoms with Gasteiger partial charge in [0, 0.05) is 13.2 Å². The number of hydrogen-bond donors (Lipinski definition) is 4. The van der Waals surface area contributed by atoms with Crippen molar-refractivity contribution in [1.82, 2.24) is 10.6 Å². The summed E-state index contributed by atoms with van der Waals surface area (Å²) >= 11 is 0. The van der Waals surface area contributed by atoms with E-state index in [-0.39, 0.29) is 18.7 Å². The molecular weight excluding hydrogens is 256 g/mol. The zero-order chi connectivity index (χ0) is 15.0. The molecular formula is C15H30N2O3. The fourth-order valence-electron chi connectivity index (χ4n) is 2.89. The minimum atomic E-state index is -0.418. The summed E-state index contributed by atoms with van der Waals surface area (Å²) in [6.45, 7) is 5.01. The highest BCUT2D eigenvalue weighted by molar-refractivity contribution is 5.74. The molecule has 5 nitrogen and oxygen atoms in total. The van der Waals surface area contributed by atoms with E-state index in [2.05, 4.69) is 24.5 Å². The average Bonchev–Trinajstić information content (AvgIpc) is 2.38. The van der Waals surface area contributed by atoms with E-state index in [1.54, 1.807) is 0 Å². The van der Waals surface area contributed by atoms with Gasteiger partial charge in [0.15, 0.2) is 0 Å². The smallest absolute Gasteiger partial charge is 0.315 e. The molecule has 4 N–H and O–H groups in total. The second-order valence-electron chi connectivity index (χ2n) is 6.32. The Bertz CT molecular complexity index is 284. The lowest BCUT2D eigenvalue weighted by atomic mass is 9.92. The molecule has 0 aliphatic heterocycles. The zero-order valence-corrected chi connectivity index (χ0v) is 12.8. The third kappa shape index (κ3) is 6.57. The lowest BCUT2D eigenvalue weighted by molar-refractivity contribution is 0.0941. The number of carbonyl (C=O) groups excluding carboxylic acids is 1. The summed E-state index contributed by atoms with van der Waals surface area (Å²) in [5.74, 6) is 0.860. The van der Waals surface area contributed by atoms with E-state index in [1.807, 2.05) is 0 Å². The van der Waals surface area contributed by atoms with Crippen molar-refractivity contribution in [3.8, 4) is 0 Å². The first-order valence-electron chi connectivity index (χ1n) is 7.86. The fourth-order valence-corrected chi connectivity index (χ4v) is 2.89. The van der Waals surface area contributed by atoms with E-state index in [4.69, 9.17) is 5.11 Å². The van der Waals surface area contributed by atoms with Crippen LogP contribution in [0.3, 0.4) is 0 Å². The molecule has 20 heavy (non-hydrogen) atoms. The minimum absolute atomic E-state index is 0.120. The predicted octanol–water partition coefficient (Wildman–Crippen LogP) is 1.63. The van der Waals surface area contributed by atoms with E-state index in [9.17, 15) is 9.90 Å². The second kappa shape index (κ2) is 9.19. The lowest BCUT2D eigenvalue weighted by Gasteiger charge is -2.28. The highest BCUT2D eigenvalue weighted by Gasteiger charge is 2.24. The van der Waals surface area contributed by atoms with Crippen molar-refractivity contribution in [2.45, 2.75) is 64.5 Å². The van der Waals surface area contributed by atoms with Gasteiger partial charge in [-0.05, 0) is 37.5 Å². The molecule has 1 aliphatic rings. The van der Waals surface area contributed by atoms with Gasteiger partial charge in [-0.1, -0.05) is 26.7 Å². The number of amides is 2. The summed E-state index contributed by atoms with van der Waals surface area (Å²) < 4.78 is 0. The van der Waals surface area contributed by atoms with E-state index < -0.39 is 6.10 Å². The fraction of sp³-hybridized carbons (Fsp3) is 0.933. The first-order chi connectivity index (χ1) is 9.52. The summed E-state index contributed by atoms with van der Waals surface area (Å²) in [6, 6.07) is -0.326. The number of aliphatic hydroxyl groups is 2. The normalized spacial score (nSPS) is 24.4. The monoisotopic (exact) mass is 286 g/mol. The maximum Gasteiger partial charge on any atom is 0.315 e. The van der Waals surface area contributed by atoms with Gasteiger partial charge in [0.2, 0.25) is 0 Å². The summed E-state index contributed by atoms with van der Waals surface area (Å²) in [7, 11) is 0. The molecule has 2 amide bonds. The van der Waals surface area contributed by atoms with E-state index in [0.717, 1.165) is 32.1 Å². The molecule has 0 aromatic carbocycles. The highest BCUT2D eigenvalue weighted by atomic mass is 16.3. The molecule has 0 bridgehead atoms. The molecule has 0 spiro atoms. The van der Waals surface area contributed by atoms with Crippen LogP contribution in [0.5, 0.6) is 0 Å². The Hall–Kier alpha value is -0.810. The van der Waals surface area contributed by atoms with Gasteiger partial charge in [0.05, 0.1) is 12.1 Å². The van der Waals surface area contributed by atoms with Crippen LogP contribution in [0, 0.1) is 11.8 Å². The topological polar surface area (TPSA) is 81.6 Å². The lowest BCUT2D eigenvalue weighted by Crippen LogP contribution is -2.49. The SMILES string of the molecule is CC(C)CC(CCO)CNC(=O)NC1CCCCC1O. The van der Waals surface area contributed by atoms with E-state index in [0.29, 0.717) is 24.8 Å². The second-order valence-corrected chi connectivity index (χ2v) is 6.32. The Morgan fingerprint density at radius 3 is 2.60 bits per heavy atom. The molecule has 0 aromatic heterocycles. The van der Waals surface area contributed by atoms with Crippen LogP contribution in [0.1, 0.15) is 52.4 Å². The van der Waals surface area contributed by atoms with Crippen LogP contribution in [0.2, 0.25) is 0 Å². The van der Waals surface area contributed by atoms with Gasteiger partial charge in [0.25, 0.3) is 0 Å². The number of urea groups is 1. The molecule has 3 atom stereocenters. The highest BCUT2D eigenvalue weighted by Crippen LogP contribution is 2.18. The van der Waals surface area contributed by atoms with Crippen molar-refractivity contribution in [3.63, 3.8) is 0 Å². The molecule has 5 heteroatoms. The summed E-state index contributed by atoms with van der Waals surface area (Å²) in [6.07, 6.45) is 5.00. The van der Waals surface area contributed by atoms with Gasteiger partial charge >= 0.3 is 6.03 Å². The van der Waals surface area contributed by atoms with Crippen LogP contribution in [-0.2, 0) is 0 Å². The van der Waals surface area contributed by atoms with Crippen molar-refractivity contribution in [2.75, 3.05) is 13.2 Å². The molecule has 0 radical (unpaired) electrons. The standard InChI is InChI=1S/C15H30N2O3/c1-11(2)9-12(7-8-18)10-16-15(20)17-13-5-3-4-6-14(13)19/h11-14,18-19H,3-10H2,1-2H3,(H2,16,17,20). The molecule has 1 fully saturated rings. The van der Waals surface area contributed by atoms with Gasteiger partial charge in [-0.3, -0.25) is 0 Å². The van der Waals surface area contributed by atoms with Crippen LogP contribution >= 0.6 is 0 Å². The maximum absolute atomic E-state index is 11.9. The molecule has 1 rings (SSSR count). The Kier molecular flexibility index (Phi) is 7.92. The van der Waals surface area contributed by atoms with Crippen molar-refractivity contribution >= 4 is 6.03 Å². The zero-order valence-electron chi connectivity index (χ0n) is 12.8. The summed E-state index contributed by atoms with van der Waals surface area (Å²) in [5, 5.41) is 24.6. The Morgan fingerprint density at radius 2 is 2.00 bits per heavy atom. The van der Waals surface area contributed by atoms with Gasteiger partial charge in [-0.15, -0.1) is 0 Å². The van der Waals surface area contributed by atoms with Gasteiger partial charge in [-0.25, -0.2) is 4.79 Å². The third-order valence-electron chi connectivity index (χ3n) is 3.94. The van der Waals surface area contributed by atoms with Crippen LogP contribution in [0.4, 0.5) is 4.79 Å². The summed E-state index contributed by atoms with van der Waals surface area (Å²) in [4.78, 5) is 11.9. The van der Waals surface area contributed by atoms with E-state index >= 15 is 0 Å².